The minimum atomic E-state index is -4.28. The van der Waals surface area contributed by atoms with Gasteiger partial charge in [0.2, 0.25) is 5.91 Å². The van der Waals surface area contributed by atoms with Gasteiger partial charge in [-0.25, -0.2) is 0 Å². The van der Waals surface area contributed by atoms with Crippen molar-refractivity contribution in [2.75, 3.05) is 39.9 Å². The molecule has 1 N–H and O–H groups in total. The molecule has 0 aromatic rings. The van der Waals surface area contributed by atoms with Gasteiger partial charge in [-0.15, -0.1) is 0 Å². The van der Waals surface area contributed by atoms with Gasteiger partial charge in [0.15, 0.2) is 0 Å². The number of methoxy groups -OCH3 is 1. The van der Waals surface area contributed by atoms with E-state index >= 15 is 0 Å². The van der Waals surface area contributed by atoms with Gasteiger partial charge in [0.25, 0.3) is 0 Å². The number of alkyl halides is 3. The Morgan fingerprint density at radius 1 is 1.56 bits per heavy atom. The number of hydrogen-bond acceptors (Lipinski definition) is 3. The average molecular weight is 266 g/mol. The van der Waals surface area contributed by atoms with Crippen molar-refractivity contribution >= 4 is 5.91 Å². The third kappa shape index (κ3) is 5.50. The van der Waals surface area contributed by atoms with E-state index in [2.05, 4.69) is 5.32 Å². The maximum absolute atomic E-state index is 11.9. The first kappa shape index (κ1) is 15.0. The molecule has 18 heavy (non-hydrogen) atoms. The van der Waals surface area contributed by atoms with Gasteiger partial charge in [-0.1, -0.05) is 6.08 Å². The van der Waals surface area contributed by atoms with E-state index in [9.17, 15) is 18.0 Å². The molecule has 7 heteroatoms. The highest BCUT2D eigenvalue weighted by atomic mass is 19.4. The number of nitrogens with zero attached hydrogens (tertiary/aromatic N) is 1. The highest BCUT2D eigenvalue weighted by Crippen LogP contribution is 2.13. The maximum atomic E-state index is 11.9. The number of carbonyl (C=O) groups excluding carboxylic acids is 1. The number of hydrogen-bond donors (Lipinski definition) is 1. The Kier molecular flexibility index (Phi) is 5.61. The van der Waals surface area contributed by atoms with Crippen LogP contribution in [0, 0.1) is 0 Å². The molecule has 0 spiro atoms. The lowest BCUT2D eigenvalue weighted by atomic mass is 10.1. The number of halogens is 3. The number of ether oxygens (including phenoxy) is 1. The van der Waals surface area contributed by atoms with Crippen LogP contribution in [0.3, 0.4) is 0 Å². The summed E-state index contributed by atoms with van der Waals surface area (Å²) in [5.41, 5.74) is 1.12. The summed E-state index contributed by atoms with van der Waals surface area (Å²) in [4.78, 5) is 13.1. The Morgan fingerprint density at radius 2 is 2.28 bits per heavy atom. The molecule has 0 unspecified atom stereocenters. The summed E-state index contributed by atoms with van der Waals surface area (Å²) >= 11 is 0. The lowest BCUT2D eigenvalue weighted by molar-refractivity contribution is -0.134. The van der Waals surface area contributed by atoms with Gasteiger partial charge < -0.3 is 15.0 Å². The molecule has 0 radical (unpaired) electrons. The molecule has 4 nitrogen and oxygen atoms in total. The predicted octanol–water partition coefficient (Wildman–Crippen LogP) is 0.943. The molecule has 1 amide bonds. The van der Waals surface area contributed by atoms with Crippen LogP contribution in [0.15, 0.2) is 11.6 Å². The molecular weight excluding hydrogens is 249 g/mol. The quantitative estimate of drug-likeness (QED) is 0.753. The van der Waals surface area contributed by atoms with E-state index in [-0.39, 0.29) is 12.5 Å². The number of carbonyl (C=O) groups is 1. The van der Waals surface area contributed by atoms with Crippen molar-refractivity contribution in [2.45, 2.75) is 12.6 Å². The molecule has 104 valence electrons. The van der Waals surface area contributed by atoms with Crippen LogP contribution in [0.25, 0.3) is 0 Å². The zero-order valence-corrected chi connectivity index (χ0v) is 10.2. The third-order valence-corrected chi connectivity index (χ3v) is 2.59. The van der Waals surface area contributed by atoms with Crippen LogP contribution in [0.4, 0.5) is 13.2 Å². The van der Waals surface area contributed by atoms with Crippen molar-refractivity contribution in [3.05, 3.63) is 11.6 Å². The predicted molar refractivity (Wildman–Crippen MR) is 60.1 cm³/mol. The summed E-state index contributed by atoms with van der Waals surface area (Å²) in [6.07, 6.45) is -1.69. The van der Waals surface area contributed by atoms with E-state index < -0.39 is 12.7 Å². The second-order valence-corrected chi connectivity index (χ2v) is 4.10. The summed E-state index contributed by atoms with van der Waals surface area (Å²) in [6.45, 7) is 0.0750. The maximum Gasteiger partial charge on any atom is 0.401 e. The van der Waals surface area contributed by atoms with Crippen molar-refractivity contribution in [3.63, 3.8) is 0 Å². The van der Waals surface area contributed by atoms with Gasteiger partial charge in [-0.2, -0.15) is 13.2 Å². The Labute approximate surface area is 104 Å². The van der Waals surface area contributed by atoms with Crippen LogP contribution in [0.5, 0.6) is 0 Å². The summed E-state index contributed by atoms with van der Waals surface area (Å²) in [5.74, 6) is -0.313. The van der Waals surface area contributed by atoms with Crippen molar-refractivity contribution in [2.24, 2.45) is 0 Å². The fraction of sp³-hybridized carbons (Fsp3) is 0.727. The molecular formula is C11H17F3N2O2. The second-order valence-electron chi connectivity index (χ2n) is 4.10. The normalized spacial score (nSPS) is 16.7. The molecule has 1 rings (SSSR count). The molecule has 0 aromatic carbocycles. The van der Waals surface area contributed by atoms with E-state index in [1.165, 1.54) is 4.90 Å². The monoisotopic (exact) mass is 266 g/mol. The molecule has 0 aliphatic carbocycles. The van der Waals surface area contributed by atoms with E-state index in [0.717, 1.165) is 5.57 Å². The van der Waals surface area contributed by atoms with Crippen molar-refractivity contribution in [1.82, 2.24) is 10.2 Å². The fourth-order valence-electron chi connectivity index (χ4n) is 1.68. The molecule has 0 saturated heterocycles. The van der Waals surface area contributed by atoms with Gasteiger partial charge in [-0.3, -0.25) is 4.79 Å². The zero-order chi connectivity index (χ0) is 13.6. The average Bonchev–Trinajstić information content (AvgIpc) is 2.28. The first-order valence-electron chi connectivity index (χ1n) is 5.64. The van der Waals surface area contributed by atoms with E-state index in [1.54, 1.807) is 7.11 Å². The minimum absolute atomic E-state index is 0.285. The minimum Gasteiger partial charge on any atom is -0.380 e. The summed E-state index contributed by atoms with van der Waals surface area (Å²) in [6, 6.07) is 0. The van der Waals surface area contributed by atoms with Gasteiger partial charge in [-0.05, 0) is 12.0 Å². The third-order valence-electron chi connectivity index (χ3n) is 2.59. The van der Waals surface area contributed by atoms with Gasteiger partial charge in [0.05, 0.1) is 19.7 Å². The fourth-order valence-corrected chi connectivity index (χ4v) is 1.68. The lowest BCUT2D eigenvalue weighted by Crippen LogP contribution is -2.42. The number of nitrogens with one attached hydrogen (secondary N) is 1. The largest absolute Gasteiger partial charge is 0.401 e. The van der Waals surface area contributed by atoms with Crippen LogP contribution >= 0.6 is 0 Å². The van der Waals surface area contributed by atoms with E-state index in [1.807, 2.05) is 6.08 Å². The molecule has 0 fully saturated rings. The van der Waals surface area contributed by atoms with Crippen LogP contribution in [-0.2, 0) is 9.53 Å². The van der Waals surface area contributed by atoms with Crippen molar-refractivity contribution in [3.8, 4) is 0 Å². The Balaban J connectivity index is 2.28. The SMILES string of the molecule is COCC1=CCN(C(=O)CNCC(F)(F)F)CC1. The first-order chi connectivity index (χ1) is 8.42. The smallest absolute Gasteiger partial charge is 0.380 e. The van der Waals surface area contributed by atoms with Crippen LogP contribution in [0.1, 0.15) is 6.42 Å². The molecule has 0 atom stereocenters. The van der Waals surface area contributed by atoms with E-state index in [0.29, 0.717) is 26.1 Å². The second kappa shape index (κ2) is 6.75. The molecule has 0 aromatic heterocycles. The molecule has 0 bridgehead atoms. The Morgan fingerprint density at radius 3 is 2.78 bits per heavy atom. The molecule has 1 heterocycles. The Hall–Kier alpha value is -1.08. The van der Waals surface area contributed by atoms with Crippen molar-refractivity contribution < 1.29 is 22.7 Å². The summed E-state index contributed by atoms with van der Waals surface area (Å²) in [7, 11) is 1.60. The van der Waals surface area contributed by atoms with Crippen LogP contribution < -0.4 is 5.32 Å². The number of rotatable bonds is 5. The summed E-state index contributed by atoms with van der Waals surface area (Å²) < 4.78 is 40.6. The standard InChI is InChI=1S/C11H17F3N2O2/c1-18-7-9-2-4-16(5-3-9)10(17)6-15-8-11(12,13)14/h2,15H,3-8H2,1H3. The first-order valence-corrected chi connectivity index (χ1v) is 5.64. The highest BCUT2D eigenvalue weighted by Gasteiger charge is 2.27. The molecule has 1 aliphatic heterocycles. The molecule has 0 saturated carbocycles. The number of amides is 1. The van der Waals surface area contributed by atoms with Gasteiger partial charge >= 0.3 is 6.18 Å². The Bertz CT molecular complexity index is 316. The van der Waals surface area contributed by atoms with Crippen LogP contribution in [0.2, 0.25) is 0 Å². The summed E-state index contributed by atoms with van der Waals surface area (Å²) in [5, 5.41) is 2.10. The highest BCUT2D eigenvalue weighted by molar-refractivity contribution is 5.78. The zero-order valence-electron chi connectivity index (χ0n) is 10.2. The van der Waals surface area contributed by atoms with E-state index in [4.69, 9.17) is 4.74 Å². The van der Waals surface area contributed by atoms with Gasteiger partial charge in [0.1, 0.15) is 0 Å². The van der Waals surface area contributed by atoms with Gasteiger partial charge in [0, 0.05) is 20.2 Å². The van der Waals surface area contributed by atoms with Crippen molar-refractivity contribution in [1.29, 1.82) is 0 Å². The lowest BCUT2D eigenvalue weighted by Gasteiger charge is -2.26. The van der Waals surface area contributed by atoms with Crippen LogP contribution in [-0.4, -0.2) is 56.9 Å². The topological polar surface area (TPSA) is 41.6 Å². The molecule has 1 aliphatic rings.